The molecule has 1 N–H and O–H groups in total. The Kier molecular flexibility index (Phi) is 5.53. The van der Waals surface area contributed by atoms with Gasteiger partial charge in [0, 0.05) is 26.2 Å². The summed E-state index contributed by atoms with van der Waals surface area (Å²) < 4.78 is 1.05. The number of rotatable bonds is 4. The lowest BCUT2D eigenvalue weighted by Gasteiger charge is -2.34. The quantitative estimate of drug-likeness (QED) is 0.909. The molecular weight excluding hydrogens is 336 g/mol. The molecule has 7 heteroatoms. The Morgan fingerprint density at radius 1 is 1.32 bits per heavy atom. The van der Waals surface area contributed by atoms with Crippen molar-refractivity contribution in [3.8, 4) is 0 Å². The first-order valence-electron chi connectivity index (χ1n) is 8.82. The van der Waals surface area contributed by atoms with Crippen LogP contribution in [-0.2, 0) is 4.79 Å². The molecule has 1 aliphatic heterocycles. The number of hydrogen-bond donors (Lipinski definition) is 1. The fourth-order valence-electron chi connectivity index (χ4n) is 3.25. The molecular formula is C18H24N4O2S. The van der Waals surface area contributed by atoms with Crippen LogP contribution in [0.5, 0.6) is 0 Å². The lowest BCUT2D eigenvalue weighted by Crippen LogP contribution is -2.47. The van der Waals surface area contributed by atoms with Gasteiger partial charge in [-0.25, -0.2) is 9.78 Å². The first-order valence-corrected chi connectivity index (χ1v) is 9.64. The summed E-state index contributed by atoms with van der Waals surface area (Å²) in [4.78, 5) is 33.2. The number of thiazole rings is 1. The molecule has 0 saturated carbocycles. The minimum atomic E-state index is -0.170. The zero-order chi connectivity index (χ0) is 17.8. The lowest BCUT2D eigenvalue weighted by atomic mass is 9.96. The summed E-state index contributed by atoms with van der Waals surface area (Å²) in [6.07, 6.45) is 1.70. The normalized spacial score (nSPS) is 17.5. The van der Waals surface area contributed by atoms with Gasteiger partial charge in [0.15, 0.2) is 5.13 Å². The van der Waals surface area contributed by atoms with E-state index in [9.17, 15) is 9.59 Å². The molecule has 3 amide bonds. The second kappa shape index (κ2) is 7.82. The average molecular weight is 360 g/mol. The first kappa shape index (κ1) is 17.7. The number of aromatic nitrogens is 1. The van der Waals surface area contributed by atoms with Crippen LogP contribution in [0.15, 0.2) is 24.3 Å². The molecule has 3 rings (SSSR count). The van der Waals surface area contributed by atoms with Crippen molar-refractivity contribution in [2.45, 2.75) is 26.7 Å². The van der Waals surface area contributed by atoms with Crippen LogP contribution in [-0.4, -0.2) is 52.9 Å². The molecule has 1 atom stereocenters. The van der Waals surface area contributed by atoms with Gasteiger partial charge < -0.3 is 9.80 Å². The Bertz CT molecular complexity index is 723. The smallest absolute Gasteiger partial charge is 0.323 e. The molecule has 0 unspecified atom stereocenters. The van der Waals surface area contributed by atoms with Crippen molar-refractivity contribution < 1.29 is 9.59 Å². The minimum Gasteiger partial charge on any atom is -0.343 e. The van der Waals surface area contributed by atoms with E-state index in [4.69, 9.17) is 0 Å². The number of benzene rings is 1. The fourth-order valence-corrected chi connectivity index (χ4v) is 4.11. The Morgan fingerprint density at radius 3 is 2.80 bits per heavy atom. The van der Waals surface area contributed by atoms with Crippen molar-refractivity contribution in [3.05, 3.63) is 24.3 Å². The topological polar surface area (TPSA) is 65.5 Å². The van der Waals surface area contributed by atoms with Gasteiger partial charge in [0.1, 0.15) is 0 Å². The Hall–Kier alpha value is -2.15. The van der Waals surface area contributed by atoms with Crippen molar-refractivity contribution in [2.24, 2.45) is 5.92 Å². The van der Waals surface area contributed by atoms with Crippen LogP contribution < -0.4 is 5.32 Å². The highest BCUT2D eigenvalue weighted by Gasteiger charge is 2.30. The zero-order valence-corrected chi connectivity index (χ0v) is 15.5. The predicted octanol–water partition coefficient (Wildman–Crippen LogP) is 3.41. The highest BCUT2D eigenvalue weighted by atomic mass is 32.1. The van der Waals surface area contributed by atoms with E-state index in [0.29, 0.717) is 31.3 Å². The summed E-state index contributed by atoms with van der Waals surface area (Å²) in [7, 11) is 0. The number of amides is 3. The molecule has 25 heavy (non-hydrogen) atoms. The van der Waals surface area contributed by atoms with Crippen molar-refractivity contribution in [2.75, 3.05) is 31.5 Å². The van der Waals surface area contributed by atoms with Gasteiger partial charge in [0.25, 0.3) is 0 Å². The summed E-state index contributed by atoms with van der Waals surface area (Å²) in [6.45, 7) is 6.56. The second-order valence-corrected chi connectivity index (χ2v) is 7.24. The molecule has 1 fully saturated rings. The van der Waals surface area contributed by atoms with Gasteiger partial charge in [-0.05, 0) is 38.8 Å². The molecule has 2 aromatic rings. The molecule has 2 heterocycles. The van der Waals surface area contributed by atoms with Crippen molar-refractivity contribution >= 4 is 38.6 Å². The van der Waals surface area contributed by atoms with E-state index in [0.717, 1.165) is 23.1 Å². The highest BCUT2D eigenvalue weighted by molar-refractivity contribution is 7.22. The van der Waals surface area contributed by atoms with Crippen LogP contribution in [0.1, 0.15) is 26.7 Å². The van der Waals surface area contributed by atoms with Crippen LogP contribution in [0.2, 0.25) is 0 Å². The van der Waals surface area contributed by atoms with E-state index in [2.05, 4.69) is 10.3 Å². The van der Waals surface area contributed by atoms with Crippen LogP contribution in [0.4, 0.5) is 9.93 Å². The van der Waals surface area contributed by atoms with Crippen molar-refractivity contribution in [1.82, 2.24) is 14.8 Å². The molecule has 0 aliphatic carbocycles. The van der Waals surface area contributed by atoms with Gasteiger partial charge >= 0.3 is 6.03 Å². The Balaban J connectivity index is 1.64. The number of para-hydroxylation sites is 1. The molecule has 0 spiro atoms. The van der Waals surface area contributed by atoms with Gasteiger partial charge in [-0.3, -0.25) is 10.1 Å². The van der Waals surface area contributed by atoms with Crippen LogP contribution >= 0.6 is 11.3 Å². The third kappa shape index (κ3) is 3.92. The number of likely N-dealkylation sites (tertiary alicyclic amines) is 1. The number of nitrogens with one attached hydrogen (secondary N) is 1. The third-order valence-corrected chi connectivity index (χ3v) is 5.59. The number of carbonyl (C=O) groups is 2. The number of hydrogen-bond acceptors (Lipinski definition) is 4. The summed E-state index contributed by atoms with van der Waals surface area (Å²) in [5.41, 5.74) is 0.885. The summed E-state index contributed by atoms with van der Waals surface area (Å²) in [5.74, 6) is 0.0530. The zero-order valence-electron chi connectivity index (χ0n) is 14.7. The molecule has 134 valence electrons. The summed E-state index contributed by atoms with van der Waals surface area (Å²) in [6, 6.07) is 7.64. The maximum atomic E-state index is 12.6. The number of piperidine rings is 1. The fraction of sp³-hybridized carbons (Fsp3) is 0.500. The highest BCUT2D eigenvalue weighted by Crippen LogP contribution is 2.26. The van der Waals surface area contributed by atoms with E-state index in [-0.39, 0.29) is 17.9 Å². The van der Waals surface area contributed by atoms with Gasteiger partial charge in [0.05, 0.1) is 16.1 Å². The van der Waals surface area contributed by atoms with Crippen LogP contribution in [0.3, 0.4) is 0 Å². The van der Waals surface area contributed by atoms with Crippen LogP contribution in [0, 0.1) is 5.92 Å². The Labute approximate surface area is 151 Å². The van der Waals surface area contributed by atoms with Gasteiger partial charge in [-0.2, -0.15) is 0 Å². The summed E-state index contributed by atoms with van der Waals surface area (Å²) in [5, 5.41) is 3.49. The minimum absolute atomic E-state index is 0.102. The van der Waals surface area contributed by atoms with Gasteiger partial charge in [-0.1, -0.05) is 23.5 Å². The maximum Gasteiger partial charge on any atom is 0.323 e. The molecule has 1 saturated heterocycles. The molecule has 0 radical (unpaired) electrons. The molecule has 1 aromatic heterocycles. The number of fused-ring (bicyclic) bond motifs is 1. The van der Waals surface area contributed by atoms with Gasteiger partial charge in [-0.15, -0.1) is 0 Å². The first-order chi connectivity index (χ1) is 12.1. The molecule has 6 nitrogen and oxygen atoms in total. The number of carbonyl (C=O) groups excluding carboxylic acids is 2. The standard InChI is InChI=1S/C18H24N4O2S/c1-3-21(4-2)16(23)13-8-7-11-22(12-13)18(24)20-17-19-14-9-5-6-10-15(14)25-17/h5-6,9-10,13H,3-4,7-8,11-12H2,1-2H3,(H,19,20,24)/t13-/m1/s1. The van der Waals surface area contributed by atoms with Crippen molar-refractivity contribution in [3.63, 3.8) is 0 Å². The van der Waals surface area contributed by atoms with Crippen molar-refractivity contribution in [1.29, 1.82) is 0 Å². The predicted molar refractivity (Wildman–Crippen MR) is 101 cm³/mol. The number of anilines is 1. The maximum absolute atomic E-state index is 12.6. The molecule has 1 aliphatic rings. The molecule has 0 bridgehead atoms. The van der Waals surface area contributed by atoms with Crippen LogP contribution in [0.25, 0.3) is 10.2 Å². The molecule has 1 aromatic carbocycles. The monoisotopic (exact) mass is 360 g/mol. The average Bonchev–Trinajstić information content (AvgIpc) is 3.05. The van der Waals surface area contributed by atoms with E-state index in [1.165, 1.54) is 11.3 Å². The number of nitrogens with zero attached hydrogens (tertiary/aromatic N) is 3. The Morgan fingerprint density at radius 2 is 2.08 bits per heavy atom. The largest absolute Gasteiger partial charge is 0.343 e. The SMILES string of the molecule is CCN(CC)C(=O)[C@@H]1CCCN(C(=O)Nc2nc3ccccc3s2)C1. The third-order valence-electron chi connectivity index (χ3n) is 4.64. The van der Waals surface area contributed by atoms with Gasteiger partial charge in [0.2, 0.25) is 5.91 Å². The van der Waals surface area contributed by atoms with E-state index in [1.54, 1.807) is 4.90 Å². The lowest BCUT2D eigenvalue weighted by molar-refractivity contribution is -0.136. The number of urea groups is 1. The second-order valence-electron chi connectivity index (χ2n) is 6.21. The van der Waals surface area contributed by atoms with E-state index in [1.807, 2.05) is 43.0 Å². The summed E-state index contributed by atoms with van der Waals surface area (Å²) >= 11 is 1.46. The van der Waals surface area contributed by atoms with E-state index >= 15 is 0 Å². The van der Waals surface area contributed by atoms with E-state index < -0.39 is 0 Å².